The van der Waals surface area contributed by atoms with Crippen molar-refractivity contribution in [2.45, 2.75) is 6.42 Å². The van der Waals surface area contributed by atoms with Gasteiger partial charge in [0.15, 0.2) is 0 Å². The monoisotopic (exact) mass is 182 g/mol. The Balaban J connectivity index is 2.75. The molecule has 0 bridgehead atoms. The number of nitrogens with two attached hydrogens (primary N) is 1. The van der Waals surface area contributed by atoms with E-state index in [1.54, 1.807) is 5.38 Å². The number of thiocarbonyl (C=S) groups is 1. The fourth-order valence-electron chi connectivity index (χ4n) is 0.704. The lowest BCUT2D eigenvalue weighted by atomic mass is 10.3. The van der Waals surface area contributed by atoms with Crippen molar-refractivity contribution >= 4 is 28.5 Å². The highest BCUT2D eigenvalue weighted by Gasteiger charge is 1.99. The summed E-state index contributed by atoms with van der Waals surface area (Å²) in [6, 6.07) is 3.86. The first-order valence-corrected chi connectivity index (χ1v) is 4.27. The first kappa shape index (κ1) is 8.18. The summed E-state index contributed by atoms with van der Waals surface area (Å²) in [6.07, 6.45) is 0.599. The van der Waals surface area contributed by atoms with E-state index in [-0.39, 0.29) is 0 Å². The molecule has 1 rings (SSSR count). The Labute approximate surface area is 74.3 Å². The summed E-state index contributed by atoms with van der Waals surface area (Å²) >= 11 is 6.24. The SMILES string of the molecule is N#Cc1csc(CC(N)=S)c1. The predicted molar refractivity (Wildman–Crippen MR) is 49.5 cm³/mol. The van der Waals surface area contributed by atoms with E-state index in [2.05, 4.69) is 0 Å². The van der Waals surface area contributed by atoms with Crippen LogP contribution in [-0.4, -0.2) is 4.99 Å². The van der Waals surface area contributed by atoms with Crippen molar-refractivity contribution in [1.29, 1.82) is 5.26 Å². The Bertz CT molecular complexity index is 308. The largest absolute Gasteiger partial charge is 0.393 e. The molecule has 0 aromatic carbocycles. The molecule has 0 atom stereocenters. The van der Waals surface area contributed by atoms with Gasteiger partial charge in [0.05, 0.1) is 10.6 Å². The van der Waals surface area contributed by atoms with Crippen molar-refractivity contribution in [2.75, 3.05) is 0 Å². The second-order valence-electron chi connectivity index (χ2n) is 2.06. The van der Waals surface area contributed by atoms with Crippen molar-refractivity contribution in [3.05, 3.63) is 21.9 Å². The van der Waals surface area contributed by atoms with Gasteiger partial charge in [-0.1, -0.05) is 12.2 Å². The normalized spacial score (nSPS) is 9.00. The summed E-state index contributed by atoms with van der Waals surface area (Å²) < 4.78 is 0. The summed E-state index contributed by atoms with van der Waals surface area (Å²) in [5.41, 5.74) is 6.01. The van der Waals surface area contributed by atoms with E-state index in [1.807, 2.05) is 12.1 Å². The molecule has 1 aromatic heterocycles. The van der Waals surface area contributed by atoms with Gasteiger partial charge in [0, 0.05) is 16.7 Å². The molecule has 0 amide bonds. The summed E-state index contributed by atoms with van der Waals surface area (Å²) in [4.78, 5) is 1.52. The third kappa shape index (κ3) is 2.30. The first-order valence-electron chi connectivity index (χ1n) is 2.98. The fourth-order valence-corrected chi connectivity index (χ4v) is 1.78. The van der Waals surface area contributed by atoms with E-state index < -0.39 is 0 Å². The molecule has 0 aliphatic rings. The Morgan fingerprint density at radius 2 is 2.55 bits per heavy atom. The molecule has 2 nitrogen and oxygen atoms in total. The highest BCUT2D eigenvalue weighted by atomic mass is 32.1. The zero-order valence-electron chi connectivity index (χ0n) is 5.70. The van der Waals surface area contributed by atoms with Gasteiger partial charge in [-0.2, -0.15) is 5.26 Å². The molecule has 0 saturated heterocycles. The third-order valence-electron chi connectivity index (χ3n) is 1.13. The minimum atomic E-state index is 0.469. The molecule has 2 N–H and O–H groups in total. The van der Waals surface area contributed by atoms with Crippen LogP contribution in [0.25, 0.3) is 0 Å². The number of rotatable bonds is 2. The molecule has 1 aromatic rings. The molecule has 1 heterocycles. The third-order valence-corrected chi connectivity index (χ3v) is 2.21. The van der Waals surface area contributed by atoms with E-state index in [9.17, 15) is 0 Å². The van der Waals surface area contributed by atoms with E-state index >= 15 is 0 Å². The van der Waals surface area contributed by atoms with Crippen molar-refractivity contribution in [3.8, 4) is 6.07 Å². The number of hydrogen-bond donors (Lipinski definition) is 1. The zero-order chi connectivity index (χ0) is 8.27. The van der Waals surface area contributed by atoms with Crippen LogP contribution in [-0.2, 0) is 6.42 Å². The maximum Gasteiger partial charge on any atom is 0.100 e. The van der Waals surface area contributed by atoms with Gasteiger partial charge in [-0.15, -0.1) is 11.3 Å². The van der Waals surface area contributed by atoms with Crippen LogP contribution < -0.4 is 5.73 Å². The van der Waals surface area contributed by atoms with E-state index in [0.717, 1.165) is 4.88 Å². The molecule has 4 heteroatoms. The number of nitrogens with zero attached hydrogens (tertiary/aromatic N) is 1. The maximum absolute atomic E-state index is 8.48. The second kappa shape index (κ2) is 3.46. The highest BCUT2D eigenvalue weighted by molar-refractivity contribution is 7.80. The quantitative estimate of drug-likeness (QED) is 0.704. The Kier molecular flexibility index (Phi) is 2.58. The zero-order valence-corrected chi connectivity index (χ0v) is 7.34. The molecule has 56 valence electrons. The topological polar surface area (TPSA) is 49.8 Å². The van der Waals surface area contributed by atoms with E-state index in [4.69, 9.17) is 23.2 Å². The minimum Gasteiger partial charge on any atom is -0.393 e. The summed E-state index contributed by atoms with van der Waals surface area (Å²) in [6.45, 7) is 0. The average Bonchev–Trinajstić information content (AvgIpc) is 2.34. The van der Waals surface area contributed by atoms with Gasteiger partial charge in [0.1, 0.15) is 6.07 Å². The molecular weight excluding hydrogens is 176 g/mol. The standard InChI is InChI=1S/C7H6N2S2/c8-3-5-1-6(11-4-5)2-7(9)10/h1,4H,2H2,(H2,9,10). The Morgan fingerprint density at radius 3 is 3.00 bits per heavy atom. The summed E-state index contributed by atoms with van der Waals surface area (Å²) in [5, 5.41) is 10.3. The van der Waals surface area contributed by atoms with Crippen molar-refractivity contribution in [3.63, 3.8) is 0 Å². The van der Waals surface area contributed by atoms with Gasteiger partial charge in [0.2, 0.25) is 0 Å². The average molecular weight is 182 g/mol. The van der Waals surface area contributed by atoms with Crippen LogP contribution >= 0.6 is 23.6 Å². The van der Waals surface area contributed by atoms with Gasteiger partial charge in [-0.3, -0.25) is 0 Å². The van der Waals surface area contributed by atoms with Gasteiger partial charge >= 0.3 is 0 Å². The highest BCUT2D eigenvalue weighted by Crippen LogP contribution is 2.13. The smallest absolute Gasteiger partial charge is 0.100 e. The number of nitriles is 1. The van der Waals surface area contributed by atoms with Crippen LogP contribution in [0.15, 0.2) is 11.4 Å². The lowest BCUT2D eigenvalue weighted by Gasteiger charge is -1.90. The van der Waals surface area contributed by atoms with Crippen LogP contribution in [0.3, 0.4) is 0 Å². The van der Waals surface area contributed by atoms with Gasteiger partial charge < -0.3 is 5.73 Å². The second-order valence-corrected chi connectivity index (χ2v) is 3.58. The van der Waals surface area contributed by atoms with E-state index in [1.165, 1.54) is 11.3 Å². The van der Waals surface area contributed by atoms with Crippen LogP contribution in [0, 0.1) is 11.3 Å². The lowest BCUT2D eigenvalue weighted by molar-refractivity contribution is 1.40. The molecule has 0 aliphatic carbocycles. The van der Waals surface area contributed by atoms with Crippen molar-refractivity contribution in [1.82, 2.24) is 0 Å². The molecule has 0 aliphatic heterocycles. The first-order chi connectivity index (χ1) is 5.22. The van der Waals surface area contributed by atoms with E-state index in [0.29, 0.717) is 17.0 Å². The van der Waals surface area contributed by atoms with Crippen LogP contribution in [0.5, 0.6) is 0 Å². The fraction of sp³-hybridized carbons (Fsp3) is 0.143. The van der Waals surface area contributed by atoms with Crippen LogP contribution in [0.2, 0.25) is 0 Å². The molecular formula is C7H6N2S2. The van der Waals surface area contributed by atoms with Gasteiger partial charge in [-0.05, 0) is 6.07 Å². The maximum atomic E-state index is 8.48. The molecule has 0 fully saturated rings. The number of hydrogen-bond acceptors (Lipinski definition) is 3. The summed E-state index contributed by atoms with van der Waals surface area (Å²) in [7, 11) is 0. The van der Waals surface area contributed by atoms with Gasteiger partial charge in [0.25, 0.3) is 0 Å². The molecule has 0 unspecified atom stereocenters. The van der Waals surface area contributed by atoms with Crippen LogP contribution in [0.4, 0.5) is 0 Å². The minimum absolute atomic E-state index is 0.469. The summed E-state index contributed by atoms with van der Waals surface area (Å²) in [5.74, 6) is 0. The molecule has 0 saturated carbocycles. The Morgan fingerprint density at radius 1 is 1.82 bits per heavy atom. The lowest BCUT2D eigenvalue weighted by Crippen LogP contribution is -2.09. The number of thiophene rings is 1. The molecule has 11 heavy (non-hydrogen) atoms. The molecule has 0 radical (unpaired) electrons. The van der Waals surface area contributed by atoms with Gasteiger partial charge in [-0.25, -0.2) is 0 Å². The Hall–Kier alpha value is -0.920. The van der Waals surface area contributed by atoms with Crippen LogP contribution in [0.1, 0.15) is 10.4 Å². The molecule has 0 spiro atoms. The predicted octanol–water partition coefficient (Wildman–Crippen LogP) is 1.45. The van der Waals surface area contributed by atoms with Crippen molar-refractivity contribution < 1.29 is 0 Å². The van der Waals surface area contributed by atoms with Crippen molar-refractivity contribution in [2.24, 2.45) is 5.73 Å².